The van der Waals surface area contributed by atoms with Crippen LogP contribution in [0.4, 0.5) is 9.59 Å². The van der Waals surface area contributed by atoms with Gasteiger partial charge in [-0.15, -0.1) is 0 Å². The van der Waals surface area contributed by atoms with Gasteiger partial charge < -0.3 is 44.9 Å². The number of hydrogen-bond donors (Lipinski definition) is 5. The quantitative estimate of drug-likeness (QED) is 0.102. The lowest BCUT2D eigenvalue weighted by Gasteiger charge is -2.30. The van der Waals surface area contributed by atoms with E-state index in [2.05, 4.69) is 62.0 Å². The Hall–Kier alpha value is -6.12. The van der Waals surface area contributed by atoms with Crippen LogP contribution in [0.25, 0.3) is 44.7 Å². The van der Waals surface area contributed by atoms with Crippen LogP contribution in [0.15, 0.2) is 48.8 Å². The second-order valence-corrected chi connectivity index (χ2v) is 16.6. The number of rotatable bonds is 10. The van der Waals surface area contributed by atoms with Crippen LogP contribution < -0.4 is 10.6 Å². The molecular formula is C44H53N9O6. The van der Waals surface area contributed by atoms with Gasteiger partial charge in [0.05, 0.1) is 50.1 Å². The minimum atomic E-state index is -0.691. The predicted octanol–water partition coefficient (Wildman–Crippen LogP) is 6.80. The van der Waals surface area contributed by atoms with Gasteiger partial charge in [0.2, 0.25) is 11.8 Å². The first-order chi connectivity index (χ1) is 28.4. The van der Waals surface area contributed by atoms with E-state index in [9.17, 15) is 19.2 Å². The number of fused-ring (bicyclic) bond motifs is 5. The average molecular weight is 804 g/mol. The third kappa shape index (κ3) is 7.54. The van der Waals surface area contributed by atoms with Crippen LogP contribution >= 0.6 is 0 Å². The maximum atomic E-state index is 13.7. The average Bonchev–Trinajstić information content (AvgIpc) is 4.09. The predicted molar refractivity (Wildman–Crippen MR) is 222 cm³/mol. The number of nitrogens with zero attached hydrogens (tertiary/aromatic N) is 4. The first-order valence-electron chi connectivity index (χ1n) is 20.6. The maximum absolute atomic E-state index is 13.7. The molecule has 0 saturated carbocycles. The molecule has 2 saturated heterocycles. The summed E-state index contributed by atoms with van der Waals surface area (Å²) in [4.78, 5) is 75.2. The Balaban J connectivity index is 0.995. The van der Waals surface area contributed by atoms with Gasteiger partial charge in [-0.2, -0.15) is 0 Å². The van der Waals surface area contributed by atoms with E-state index in [1.807, 2.05) is 49.9 Å². The van der Waals surface area contributed by atoms with E-state index in [-0.39, 0.29) is 35.7 Å². The fourth-order valence-electron chi connectivity index (χ4n) is 9.07. The standard InChI is InChI=1S/C44H53N9O6/c1-23(2)36(50-43(56)58-5)41(54)52-17-7-9-34(52)39-45-21-32(48-39)26-12-14-28-25(19-26)11-15-29-30-20-27(13-16-31(30)47-38(28)29)33-22-46-40(49-33)35-10-8-18-53(35)42(55)37(24(3)4)51-44(57)59-6/h12-14,16,19-24,34-37,47H,7-11,15,17-18H2,1-6H3,(H,45,48)(H,46,49)(H,50,56)(H,51,57)/t34-,35-,36?,37?/m0/s1. The molecule has 5 heterocycles. The molecule has 2 aliphatic heterocycles. The molecule has 5 aromatic rings. The normalized spacial score (nSPS) is 18.5. The summed E-state index contributed by atoms with van der Waals surface area (Å²) in [5.74, 6) is 0.995. The Bertz CT molecular complexity index is 2390. The summed E-state index contributed by atoms with van der Waals surface area (Å²) >= 11 is 0. The van der Waals surface area contributed by atoms with Crippen molar-refractivity contribution in [2.45, 2.75) is 90.4 Å². The summed E-state index contributed by atoms with van der Waals surface area (Å²) in [5.41, 5.74) is 9.72. The molecule has 5 N–H and O–H groups in total. The number of hydrogen-bond acceptors (Lipinski definition) is 8. The number of H-pyrrole nitrogens is 3. The Morgan fingerprint density at radius 3 is 1.76 bits per heavy atom. The number of carbonyl (C=O) groups is 4. The van der Waals surface area contributed by atoms with E-state index in [1.54, 1.807) is 0 Å². The molecule has 15 heteroatoms. The van der Waals surface area contributed by atoms with Crippen molar-refractivity contribution < 1.29 is 28.7 Å². The fraction of sp³-hybridized carbons (Fsp3) is 0.455. The van der Waals surface area contributed by atoms with Crippen LogP contribution in [0.5, 0.6) is 0 Å². The number of amides is 4. The highest BCUT2D eigenvalue weighted by Crippen LogP contribution is 2.41. The summed E-state index contributed by atoms with van der Waals surface area (Å²) in [7, 11) is 2.59. The number of imidazole rings is 2. The van der Waals surface area contributed by atoms with Crippen LogP contribution in [-0.2, 0) is 31.9 Å². The third-order valence-electron chi connectivity index (χ3n) is 12.2. The molecule has 2 aromatic carbocycles. The molecule has 4 atom stereocenters. The largest absolute Gasteiger partial charge is 0.453 e. The molecule has 59 heavy (non-hydrogen) atoms. The fourth-order valence-corrected chi connectivity index (χ4v) is 9.07. The number of methoxy groups -OCH3 is 2. The number of carbonyl (C=O) groups excluding carboxylic acids is 4. The SMILES string of the molecule is COC(=O)NC(C(=O)N1CCC[C@H]1c1ncc(-c2ccc3c(c2)CCc2c-3[nH]c3ccc(-c4cnc([C@@H]5CCCN5C(=O)C(NC(=O)OC)C(C)C)[nH]4)cc23)[nH]1)C(C)C. The molecule has 3 aromatic heterocycles. The van der Waals surface area contributed by atoms with E-state index in [0.717, 1.165) is 83.9 Å². The van der Waals surface area contributed by atoms with Crippen molar-refractivity contribution >= 4 is 34.9 Å². The van der Waals surface area contributed by atoms with E-state index in [4.69, 9.17) is 19.4 Å². The van der Waals surface area contributed by atoms with Crippen LogP contribution in [0.2, 0.25) is 0 Å². The van der Waals surface area contributed by atoms with E-state index in [0.29, 0.717) is 13.1 Å². The number of benzene rings is 2. The van der Waals surface area contributed by atoms with Crippen LogP contribution in [0.3, 0.4) is 0 Å². The Kier molecular flexibility index (Phi) is 10.9. The Morgan fingerprint density at radius 1 is 0.712 bits per heavy atom. The molecular weight excluding hydrogens is 751 g/mol. The third-order valence-corrected chi connectivity index (χ3v) is 12.2. The van der Waals surface area contributed by atoms with Gasteiger partial charge in [-0.1, -0.05) is 45.9 Å². The van der Waals surface area contributed by atoms with Gasteiger partial charge >= 0.3 is 12.2 Å². The van der Waals surface area contributed by atoms with E-state index in [1.165, 1.54) is 36.3 Å². The molecule has 2 unspecified atom stereocenters. The molecule has 310 valence electrons. The summed E-state index contributed by atoms with van der Waals surface area (Å²) < 4.78 is 9.57. The zero-order valence-corrected chi connectivity index (χ0v) is 34.5. The first kappa shape index (κ1) is 39.7. The summed E-state index contributed by atoms with van der Waals surface area (Å²) in [5, 5.41) is 6.60. The highest BCUT2D eigenvalue weighted by Gasteiger charge is 2.39. The second-order valence-electron chi connectivity index (χ2n) is 16.6. The zero-order chi connectivity index (χ0) is 41.5. The first-order valence-corrected chi connectivity index (χ1v) is 20.6. The topological polar surface area (TPSA) is 190 Å². The van der Waals surface area contributed by atoms with Gasteiger partial charge in [0.25, 0.3) is 0 Å². The minimum Gasteiger partial charge on any atom is -0.453 e. The van der Waals surface area contributed by atoms with Crippen molar-refractivity contribution in [1.29, 1.82) is 0 Å². The number of aryl methyl sites for hydroxylation is 2. The van der Waals surface area contributed by atoms with Crippen molar-refractivity contribution in [1.82, 2.24) is 45.4 Å². The molecule has 2 fully saturated rings. The lowest BCUT2D eigenvalue weighted by atomic mass is 9.87. The molecule has 0 bridgehead atoms. The maximum Gasteiger partial charge on any atom is 0.407 e. The van der Waals surface area contributed by atoms with E-state index < -0.39 is 24.3 Å². The van der Waals surface area contributed by atoms with Gasteiger partial charge in [-0.3, -0.25) is 9.59 Å². The number of ether oxygens (including phenoxy) is 2. The number of likely N-dealkylation sites (tertiary alicyclic amines) is 2. The van der Waals surface area contributed by atoms with Crippen LogP contribution in [0.1, 0.15) is 88.2 Å². The minimum absolute atomic E-state index is 0.105. The Labute approximate surface area is 343 Å². The smallest absolute Gasteiger partial charge is 0.407 e. The summed E-state index contributed by atoms with van der Waals surface area (Å²) in [6, 6.07) is 11.2. The van der Waals surface area contributed by atoms with Gasteiger partial charge in [0.15, 0.2) is 0 Å². The monoisotopic (exact) mass is 803 g/mol. The van der Waals surface area contributed by atoms with Gasteiger partial charge in [0.1, 0.15) is 23.7 Å². The van der Waals surface area contributed by atoms with Crippen LogP contribution in [-0.4, -0.2) is 98.1 Å². The van der Waals surface area contributed by atoms with Crippen molar-refractivity contribution in [2.24, 2.45) is 11.8 Å². The van der Waals surface area contributed by atoms with Crippen molar-refractivity contribution in [3.8, 4) is 33.8 Å². The second kappa shape index (κ2) is 16.3. The highest BCUT2D eigenvalue weighted by atomic mass is 16.5. The molecule has 1 aliphatic carbocycles. The molecule has 4 amide bonds. The van der Waals surface area contributed by atoms with Gasteiger partial charge in [-0.05, 0) is 85.3 Å². The van der Waals surface area contributed by atoms with Gasteiger partial charge in [-0.25, -0.2) is 19.6 Å². The number of alkyl carbamates (subject to hydrolysis) is 2. The number of nitrogens with one attached hydrogen (secondary N) is 5. The lowest BCUT2D eigenvalue weighted by Crippen LogP contribution is -2.51. The van der Waals surface area contributed by atoms with Crippen molar-refractivity contribution in [3.05, 3.63) is 71.6 Å². The van der Waals surface area contributed by atoms with E-state index >= 15 is 0 Å². The molecule has 8 rings (SSSR count). The summed E-state index contributed by atoms with van der Waals surface area (Å²) in [6.45, 7) is 8.83. The highest BCUT2D eigenvalue weighted by molar-refractivity contribution is 5.95. The van der Waals surface area contributed by atoms with Gasteiger partial charge in [0, 0.05) is 40.8 Å². The molecule has 15 nitrogen and oxygen atoms in total. The van der Waals surface area contributed by atoms with Crippen molar-refractivity contribution in [2.75, 3.05) is 27.3 Å². The zero-order valence-electron chi connectivity index (χ0n) is 34.5. The molecule has 0 spiro atoms. The van der Waals surface area contributed by atoms with Crippen LogP contribution in [0, 0.1) is 11.8 Å². The summed E-state index contributed by atoms with van der Waals surface area (Å²) in [6.07, 6.45) is 7.47. The molecule has 0 radical (unpaired) electrons. The molecule has 3 aliphatic rings. The Morgan fingerprint density at radius 2 is 1.24 bits per heavy atom. The number of aromatic nitrogens is 5. The van der Waals surface area contributed by atoms with Crippen molar-refractivity contribution in [3.63, 3.8) is 0 Å². The lowest BCUT2D eigenvalue weighted by molar-refractivity contribution is -0.136. The number of aromatic amines is 3.